The molecule has 0 aliphatic carbocycles. The molecule has 0 bridgehead atoms. The number of methoxy groups -OCH3 is 8. The second-order valence-electron chi connectivity index (χ2n) is 21.7. The van der Waals surface area contributed by atoms with Gasteiger partial charge in [-0.2, -0.15) is 16.8 Å². The molecule has 105 heavy (non-hydrogen) atoms. The van der Waals surface area contributed by atoms with Gasteiger partial charge in [-0.05, 0) is 192 Å². The van der Waals surface area contributed by atoms with Crippen LogP contribution in [0.2, 0.25) is 0 Å². The van der Waals surface area contributed by atoms with Crippen molar-refractivity contribution >= 4 is 97.5 Å². The van der Waals surface area contributed by atoms with Crippen LogP contribution in [0.15, 0.2) is 143 Å². The molecule has 3 atom stereocenters. The van der Waals surface area contributed by atoms with Crippen LogP contribution < -0.4 is 86.9 Å². The predicted octanol–water partition coefficient (Wildman–Crippen LogP) is 10.9. The number of benzene rings is 7. The fourth-order valence-corrected chi connectivity index (χ4v) is 13.1. The molecule has 32 heteroatoms. The van der Waals surface area contributed by atoms with Crippen LogP contribution in [0.3, 0.4) is 0 Å². The molecule has 3 radical (unpaired) electrons. The van der Waals surface area contributed by atoms with Gasteiger partial charge in [0.15, 0.2) is 57.5 Å². The van der Waals surface area contributed by atoms with Crippen LogP contribution in [-0.2, 0) is 62.0 Å². The van der Waals surface area contributed by atoms with Crippen molar-refractivity contribution in [1.82, 2.24) is 15.1 Å². The number of nitrogens with one attached hydrogen (secondary N) is 1. The van der Waals surface area contributed by atoms with Crippen LogP contribution in [0, 0.1) is 0 Å². The van der Waals surface area contributed by atoms with Crippen molar-refractivity contribution in [3.05, 3.63) is 178 Å². The summed E-state index contributed by atoms with van der Waals surface area (Å²) in [6.07, 6.45) is 2.27. The van der Waals surface area contributed by atoms with E-state index >= 15 is 0 Å². The molecule has 9 rings (SSSR count). The molecule has 0 saturated carbocycles. The van der Waals surface area contributed by atoms with E-state index in [-0.39, 0.29) is 123 Å². The second kappa shape index (κ2) is 51.8. The molecule has 1 amide bonds. The van der Waals surface area contributed by atoms with Gasteiger partial charge in [0, 0.05) is 66.8 Å². The summed E-state index contributed by atoms with van der Waals surface area (Å²) in [4.78, 5) is 17.8. The van der Waals surface area contributed by atoms with Gasteiger partial charge < -0.3 is 79.0 Å². The largest absolute Gasteiger partial charge is 1.00 e. The topological polar surface area (TPSA) is 300 Å². The van der Waals surface area contributed by atoms with Crippen molar-refractivity contribution in [3.63, 3.8) is 0 Å². The first-order chi connectivity index (χ1) is 48.3. The van der Waals surface area contributed by atoms with Gasteiger partial charge in [0.2, 0.25) is 5.91 Å². The van der Waals surface area contributed by atoms with Gasteiger partial charge in [-0.15, -0.1) is 24.0 Å². The third kappa shape index (κ3) is 30.2. The van der Waals surface area contributed by atoms with E-state index < -0.39 is 38.0 Å². The summed E-state index contributed by atoms with van der Waals surface area (Å²) >= 11 is 13.8. The van der Waals surface area contributed by atoms with Gasteiger partial charge in [-0.3, -0.25) is 14.3 Å². The minimum Gasteiger partial charge on any atom is -1.00 e. The minimum atomic E-state index is -4.21. The summed E-state index contributed by atoms with van der Waals surface area (Å²) < 4.78 is 115. The standard InChI is InChI=1S/C27H31NO8S.C27H29NO6S.C10H15NO2.C6H15N.2CH4O.CH4.B.Cl3OP.HI.Na.H2.H/c1-18(27(30)28-15-14-19-10-12-23(33-2)25(16-19)35-4)21-11-13-24(34-3)26(22(21)17-29)36-37(31,32)20-8-6-5-7-9-20;1-17-20-10-11-23(31-2)27(34-35(29,30)19-8-6-5-7-9-19)22(20)16-28-13-12-18-14-24(32-3)25(33-4)15-21(18)26(17)28;1-12-9-4-3-8(5-6-11)7-10(9)13-2;1-4-7(5-2)6-3;2*1-2;;;1-5(2,3)4;;;;/h5-13,16,18,29H,14-15,17H2,1-4H3,(H,28,30);5-11,14-15,17,26H,12-13,16H2,1-4H3;3-4,7H,5-6,11H2,1-2H3;4-6H2,1-3H3;2*2H,1H3;1H4;;;1H;;1H;/q;;;;;;;;;;+1;;-1. The number of fused-ring (bicyclic) bond motifs is 4. The fraction of sp³-hybridized carbons (Fsp3) is 0.411. The third-order valence-corrected chi connectivity index (χ3v) is 18.6. The van der Waals surface area contributed by atoms with Gasteiger partial charge >= 0.3 is 55.0 Å². The Morgan fingerprint density at radius 1 is 0.629 bits per heavy atom. The van der Waals surface area contributed by atoms with Crippen LogP contribution in [0.25, 0.3) is 0 Å². The Balaban J connectivity index is -0.000000698. The Morgan fingerprint density at radius 3 is 1.45 bits per heavy atom. The van der Waals surface area contributed by atoms with E-state index in [9.17, 15) is 31.3 Å². The maximum atomic E-state index is 13.1. The number of amides is 1. The van der Waals surface area contributed by atoms with Crippen molar-refractivity contribution in [3.8, 4) is 57.5 Å². The summed E-state index contributed by atoms with van der Waals surface area (Å²) in [5, 5.41) is 23.8. The Hall–Kier alpha value is -5.44. The number of halogens is 4. The zero-order valence-electron chi connectivity index (χ0n) is 62.9. The first kappa shape index (κ1) is 102. The molecule has 2 heterocycles. The van der Waals surface area contributed by atoms with Gasteiger partial charge in [0.05, 0.1) is 69.4 Å². The summed E-state index contributed by atoms with van der Waals surface area (Å²) in [6, 6.07) is 38.4. The van der Waals surface area contributed by atoms with Crippen LogP contribution in [-0.4, -0.2) is 167 Å². The number of nitrogens with two attached hydrogens (primary N) is 1. The number of hydrogen-bond donors (Lipinski definition) is 5. The molecule has 0 spiro atoms. The van der Waals surface area contributed by atoms with Crippen LogP contribution in [0.5, 0.6) is 57.5 Å². The molecule has 0 fully saturated rings. The molecular weight excluding hydrogens is 1600 g/mol. The quantitative estimate of drug-likeness (QED) is 0.0154. The average Bonchev–Trinajstić information content (AvgIpc) is 0.739. The normalized spacial score (nSPS) is 13.2. The van der Waals surface area contributed by atoms with Crippen molar-refractivity contribution < 1.29 is 120 Å². The SMILES string of the molecule is C.CCN(CC)CC.CO.CO.COc1cc2c(cc1OC)C1C(C)c3ccc(OC)c(OS(=O)(=O)c4ccccc4)c3CN1CC2.COc1ccc(CCN)cc1OC.COc1ccc(CCNC(=O)C(C)c2ccc(OC)c(OS(=O)(=O)c3ccccc3)c2CO)cc1OC.I.O=P(Cl)(Cl)Cl.[B].[H-].[HH].[Na+]. The second-order valence-corrected chi connectivity index (χ2v) is 31.5. The summed E-state index contributed by atoms with van der Waals surface area (Å²) in [7, 11) is 6.33. The third-order valence-electron chi connectivity index (χ3n) is 16.2. The number of nitrogens with zero attached hydrogens (tertiary/aromatic N) is 2. The Labute approximate surface area is 680 Å². The van der Waals surface area contributed by atoms with E-state index in [1.807, 2.05) is 36.4 Å². The van der Waals surface area contributed by atoms with Crippen LogP contribution in [0.4, 0.5) is 0 Å². The van der Waals surface area contributed by atoms with E-state index in [1.54, 1.807) is 104 Å². The van der Waals surface area contributed by atoms with Crippen molar-refractivity contribution in [1.29, 1.82) is 0 Å². The summed E-state index contributed by atoms with van der Waals surface area (Å²) in [5.74, 6) is 3.88. The Morgan fingerprint density at radius 2 is 1.03 bits per heavy atom. The number of ether oxygens (including phenoxy) is 8. The van der Waals surface area contributed by atoms with E-state index in [0.29, 0.717) is 54.6 Å². The molecule has 0 saturated heterocycles. The first-order valence-electron chi connectivity index (χ1n) is 32.0. The molecular formula is C73H106BCl3IN4NaO19PS2. The number of rotatable bonds is 25. The molecule has 7 aromatic rings. The monoisotopic (exact) mass is 1700 g/mol. The molecule has 2 aliphatic rings. The average molecular weight is 1710 g/mol. The minimum absolute atomic E-state index is 0. The zero-order valence-corrected chi connectivity index (χ0v) is 71.1. The van der Waals surface area contributed by atoms with E-state index in [0.717, 1.165) is 67.5 Å². The van der Waals surface area contributed by atoms with Crippen LogP contribution >= 0.6 is 62.9 Å². The molecule has 0 aromatic heterocycles. The number of carbonyl (C=O) groups excluding carboxylic acids is 1. The first-order valence-corrected chi connectivity index (χ1v) is 39.2. The molecule has 2 aliphatic heterocycles. The van der Waals surface area contributed by atoms with Crippen LogP contribution in [0.1, 0.15) is 107 Å². The smallest absolute Gasteiger partial charge is 1.00 e. The molecule has 581 valence electrons. The number of aliphatic hydroxyl groups excluding tert-OH is 3. The zero-order chi connectivity index (χ0) is 75.6. The summed E-state index contributed by atoms with van der Waals surface area (Å²) in [6.45, 7) is 15.8. The molecule has 7 aromatic carbocycles. The Bertz CT molecular complexity index is 3980. The van der Waals surface area contributed by atoms with E-state index in [1.165, 1.54) is 80.9 Å². The van der Waals surface area contributed by atoms with Gasteiger partial charge in [0.1, 0.15) is 9.79 Å². The van der Waals surface area contributed by atoms with Gasteiger partial charge in [-0.25, -0.2) is 0 Å². The van der Waals surface area contributed by atoms with E-state index in [2.05, 4.69) is 88.7 Å². The fourth-order valence-electron chi connectivity index (χ4n) is 11.1. The molecule has 6 N–H and O–H groups in total. The number of hydrogen-bond acceptors (Lipinski definition) is 22. The Kier molecular flexibility index (Phi) is 50.1. The van der Waals surface area contributed by atoms with Crippen molar-refractivity contribution in [2.45, 2.75) is 102 Å². The maximum absolute atomic E-state index is 13.1. The van der Waals surface area contributed by atoms with Crippen molar-refractivity contribution in [2.24, 2.45) is 5.73 Å². The summed E-state index contributed by atoms with van der Waals surface area (Å²) in [5.41, 5.74) is 12.5. The maximum Gasteiger partial charge on any atom is 1.00 e. The number of carbonyl (C=O) groups is 1. The number of aliphatic hydroxyl groups is 3. The molecule has 23 nitrogen and oxygen atoms in total. The molecule has 3 unspecified atom stereocenters. The van der Waals surface area contributed by atoms with Gasteiger partial charge in [-0.1, -0.05) is 95.8 Å². The predicted molar refractivity (Wildman–Crippen MR) is 428 cm³/mol. The van der Waals surface area contributed by atoms with Gasteiger partial charge in [0.25, 0.3) is 0 Å². The van der Waals surface area contributed by atoms with Crippen molar-refractivity contribution in [2.75, 3.05) is 110 Å². The van der Waals surface area contributed by atoms with E-state index in [4.69, 9.17) is 62.2 Å².